The molecule has 0 spiro atoms. The number of halogens is 2. The standard InChI is InChI=1S/C20H17F2N5O2/c1-3-29-16-9-11(7-8-15(16)28-2)24-20-18-14(10-23-27-18)25-19(26-20)17-12(21)5-4-6-13(17)22/h4-10H,3H2,1-2H3,(H,23,27)(H,24,25,26). The molecule has 7 nitrogen and oxygen atoms in total. The lowest BCUT2D eigenvalue weighted by atomic mass is 10.2. The monoisotopic (exact) mass is 397 g/mol. The Labute approximate surface area is 164 Å². The van der Waals surface area contributed by atoms with Crippen LogP contribution in [0.2, 0.25) is 0 Å². The maximum atomic E-state index is 14.2. The molecule has 148 valence electrons. The molecule has 0 radical (unpaired) electrons. The minimum atomic E-state index is -0.748. The molecule has 29 heavy (non-hydrogen) atoms. The number of rotatable bonds is 6. The summed E-state index contributed by atoms with van der Waals surface area (Å²) in [6.07, 6.45) is 1.46. The Morgan fingerprint density at radius 3 is 2.59 bits per heavy atom. The molecule has 0 aliphatic heterocycles. The van der Waals surface area contributed by atoms with Crippen molar-refractivity contribution in [3.05, 3.63) is 54.2 Å². The fourth-order valence-corrected chi connectivity index (χ4v) is 2.91. The fourth-order valence-electron chi connectivity index (χ4n) is 2.91. The van der Waals surface area contributed by atoms with Crippen LogP contribution in [0.4, 0.5) is 20.3 Å². The Morgan fingerprint density at radius 2 is 1.86 bits per heavy atom. The first-order chi connectivity index (χ1) is 14.1. The molecule has 0 saturated carbocycles. The average molecular weight is 397 g/mol. The summed E-state index contributed by atoms with van der Waals surface area (Å²) in [6.45, 7) is 2.34. The van der Waals surface area contributed by atoms with Crippen LogP contribution in [0.3, 0.4) is 0 Å². The Hall–Kier alpha value is -3.75. The first kappa shape index (κ1) is 18.6. The van der Waals surface area contributed by atoms with Crippen molar-refractivity contribution < 1.29 is 18.3 Å². The summed E-state index contributed by atoms with van der Waals surface area (Å²) in [5, 5.41) is 9.89. The van der Waals surface area contributed by atoms with E-state index in [4.69, 9.17) is 9.47 Å². The van der Waals surface area contributed by atoms with Gasteiger partial charge in [0.1, 0.15) is 22.7 Å². The van der Waals surface area contributed by atoms with E-state index in [0.29, 0.717) is 40.6 Å². The average Bonchev–Trinajstić information content (AvgIpc) is 3.17. The molecule has 0 bridgehead atoms. The summed E-state index contributed by atoms with van der Waals surface area (Å²) in [5.41, 5.74) is 1.25. The number of aromatic amines is 1. The predicted molar refractivity (Wildman–Crippen MR) is 104 cm³/mol. The lowest BCUT2D eigenvalue weighted by Gasteiger charge is -2.13. The smallest absolute Gasteiger partial charge is 0.168 e. The highest BCUT2D eigenvalue weighted by atomic mass is 19.1. The molecule has 0 atom stereocenters. The van der Waals surface area contributed by atoms with Gasteiger partial charge in [0.2, 0.25) is 0 Å². The number of hydrogen-bond donors (Lipinski definition) is 2. The molecule has 0 saturated heterocycles. The van der Waals surface area contributed by atoms with E-state index in [-0.39, 0.29) is 11.4 Å². The summed E-state index contributed by atoms with van der Waals surface area (Å²) in [5.74, 6) is -0.131. The quantitative estimate of drug-likeness (QED) is 0.500. The topological polar surface area (TPSA) is 85.0 Å². The third kappa shape index (κ3) is 3.54. The Morgan fingerprint density at radius 1 is 1.07 bits per heavy atom. The van der Waals surface area contributed by atoms with Crippen LogP contribution in [0.15, 0.2) is 42.6 Å². The summed E-state index contributed by atoms with van der Waals surface area (Å²) < 4.78 is 39.4. The minimum Gasteiger partial charge on any atom is -0.493 e. The molecule has 4 aromatic rings. The summed E-state index contributed by atoms with van der Waals surface area (Å²) in [4.78, 5) is 8.57. The van der Waals surface area contributed by atoms with Gasteiger partial charge in [0.25, 0.3) is 0 Å². The predicted octanol–water partition coefficient (Wildman–Crippen LogP) is 4.45. The van der Waals surface area contributed by atoms with Crippen LogP contribution in [0.5, 0.6) is 11.5 Å². The molecule has 0 amide bonds. The van der Waals surface area contributed by atoms with Crippen molar-refractivity contribution in [1.82, 2.24) is 20.2 Å². The van der Waals surface area contributed by atoms with Crippen molar-refractivity contribution in [2.45, 2.75) is 6.92 Å². The van der Waals surface area contributed by atoms with E-state index in [9.17, 15) is 8.78 Å². The van der Waals surface area contributed by atoms with Crippen LogP contribution < -0.4 is 14.8 Å². The number of methoxy groups -OCH3 is 1. The molecule has 0 aliphatic rings. The zero-order valence-electron chi connectivity index (χ0n) is 15.7. The second kappa shape index (κ2) is 7.70. The van der Waals surface area contributed by atoms with Crippen LogP contribution >= 0.6 is 0 Å². The normalized spacial score (nSPS) is 10.9. The van der Waals surface area contributed by atoms with Gasteiger partial charge in [-0.05, 0) is 31.2 Å². The third-order valence-electron chi connectivity index (χ3n) is 4.21. The summed E-state index contributed by atoms with van der Waals surface area (Å²) in [7, 11) is 1.55. The van der Waals surface area contributed by atoms with Crippen molar-refractivity contribution in [2.24, 2.45) is 0 Å². The molecule has 2 N–H and O–H groups in total. The molecule has 4 rings (SSSR count). The maximum absolute atomic E-state index is 14.2. The van der Waals surface area contributed by atoms with Crippen LogP contribution in [-0.2, 0) is 0 Å². The zero-order chi connectivity index (χ0) is 20.4. The number of benzene rings is 2. The van der Waals surface area contributed by atoms with Gasteiger partial charge in [0.05, 0.1) is 25.5 Å². The van der Waals surface area contributed by atoms with Gasteiger partial charge in [-0.2, -0.15) is 5.10 Å². The molecule has 0 aliphatic carbocycles. The number of fused-ring (bicyclic) bond motifs is 1. The van der Waals surface area contributed by atoms with Crippen molar-refractivity contribution in [3.63, 3.8) is 0 Å². The highest BCUT2D eigenvalue weighted by Crippen LogP contribution is 2.33. The van der Waals surface area contributed by atoms with Crippen molar-refractivity contribution in [3.8, 4) is 22.9 Å². The first-order valence-electron chi connectivity index (χ1n) is 8.84. The Kier molecular flexibility index (Phi) is 4.94. The van der Waals surface area contributed by atoms with Crippen LogP contribution in [0.25, 0.3) is 22.4 Å². The van der Waals surface area contributed by atoms with Gasteiger partial charge < -0.3 is 14.8 Å². The zero-order valence-corrected chi connectivity index (χ0v) is 15.7. The number of nitrogens with one attached hydrogen (secondary N) is 2. The molecule has 2 heterocycles. The van der Waals surface area contributed by atoms with Gasteiger partial charge in [-0.3, -0.25) is 5.10 Å². The van der Waals surface area contributed by atoms with Gasteiger partial charge >= 0.3 is 0 Å². The Bertz CT molecular complexity index is 1160. The second-order valence-electron chi connectivity index (χ2n) is 6.05. The molecule has 2 aromatic heterocycles. The first-order valence-corrected chi connectivity index (χ1v) is 8.84. The fraction of sp³-hybridized carbons (Fsp3) is 0.150. The van der Waals surface area contributed by atoms with Crippen molar-refractivity contribution in [2.75, 3.05) is 19.0 Å². The summed E-state index contributed by atoms with van der Waals surface area (Å²) in [6, 6.07) is 8.87. The second-order valence-corrected chi connectivity index (χ2v) is 6.05. The van der Waals surface area contributed by atoms with E-state index in [0.717, 1.165) is 12.1 Å². The molecule has 9 heteroatoms. The Balaban J connectivity index is 1.80. The van der Waals surface area contributed by atoms with Gasteiger partial charge in [-0.1, -0.05) is 6.07 Å². The van der Waals surface area contributed by atoms with Gasteiger partial charge in [-0.25, -0.2) is 18.7 Å². The SMILES string of the molecule is CCOc1cc(Nc2nc(-c3c(F)cccc3F)nc3cn[nH]c23)ccc1OC. The number of H-pyrrole nitrogens is 1. The van der Waals surface area contributed by atoms with E-state index < -0.39 is 11.6 Å². The minimum absolute atomic E-state index is 0.0875. The third-order valence-corrected chi connectivity index (χ3v) is 4.21. The highest BCUT2D eigenvalue weighted by Gasteiger charge is 2.18. The molecule has 2 aromatic carbocycles. The number of hydrogen-bond acceptors (Lipinski definition) is 6. The number of nitrogens with zero attached hydrogens (tertiary/aromatic N) is 3. The lowest BCUT2D eigenvalue weighted by molar-refractivity contribution is 0.311. The van der Waals surface area contributed by atoms with Crippen LogP contribution in [0, 0.1) is 11.6 Å². The van der Waals surface area contributed by atoms with E-state index in [1.54, 1.807) is 25.3 Å². The van der Waals surface area contributed by atoms with Crippen LogP contribution in [0.1, 0.15) is 6.92 Å². The molecular formula is C20H17F2N5O2. The summed E-state index contributed by atoms with van der Waals surface area (Å²) >= 11 is 0. The van der Waals surface area contributed by atoms with E-state index in [1.807, 2.05) is 6.92 Å². The molecule has 0 fully saturated rings. The van der Waals surface area contributed by atoms with Crippen LogP contribution in [-0.4, -0.2) is 33.9 Å². The van der Waals surface area contributed by atoms with Gasteiger partial charge in [-0.15, -0.1) is 0 Å². The van der Waals surface area contributed by atoms with Gasteiger partial charge in [0.15, 0.2) is 23.1 Å². The lowest BCUT2D eigenvalue weighted by Crippen LogP contribution is -2.02. The van der Waals surface area contributed by atoms with E-state index in [1.165, 1.54) is 12.3 Å². The van der Waals surface area contributed by atoms with E-state index in [2.05, 4.69) is 25.5 Å². The highest BCUT2D eigenvalue weighted by molar-refractivity contribution is 5.88. The number of aromatic nitrogens is 4. The van der Waals surface area contributed by atoms with Crippen molar-refractivity contribution in [1.29, 1.82) is 0 Å². The molecule has 0 unspecified atom stereocenters. The number of anilines is 2. The maximum Gasteiger partial charge on any atom is 0.168 e. The van der Waals surface area contributed by atoms with E-state index >= 15 is 0 Å². The number of ether oxygens (including phenoxy) is 2. The van der Waals surface area contributed by atoms with Crippen molar-refractivity contribution >= 4 is 22.5 Å². The largest absolute Gasteiger partial charge is 0.493 e. The van der Waals surface area contributed by atoms with Gasteiger partial charge in [0, 0.05) is 11.8 Å². The molecular weight excluding hydrogens is 380 g/mol.